The minimum atomic E-state index is -4.64. The summed E-state index contributed by atoms with van der Waals surface area (Å²) < 4.78 is 8.88. The highest BCUT2D eigenvalue weighted by molar-refractivity contribution is 7.45. The Morgan fingerprint density at radius 1 is 0.600 bits per heavy atom. The third kappa shape index (κ3) is 2.65. The third-order valence-electron chi connectivity index (χ3n) is 15.4. The predicted molar refractivity (Wildman–Crippen MR) is 141 cm³/mol. The number of phosphoric acid groups is 1. The van der Waals surface area contributed by atoms with Crippen molar-refractivity contribution < 1.29 is 19.2 Å². The summed E-state index contributed by atoms with van der Waals surface area (Å²) >= 11 is 0. The van der Waals surface area contributed by atoms with Crippen molar-refractivity contribution in [2.45, 2.75) is 120 Å². The zero-order chi connectivity index (χ0) is 26.3. The van der Waals surface area contributed by atoms with E-state index in [1.54, 1.807) is 19.3 Å². The summed E-state index contributed by atoms with van der Waals surface area (Å²) in [6.07, 6.45) is 13.7. The Morgan fingerprint density at radius 2 is 1.00 bits per heavy atom. The molecule has 0 aliphatic heterocycles. The topological polar surface area (TPSA) is 77.8 Å². The van der Waals surface area contributed by atoms with Crippen LogP contribution in [0.5, 0.6) is 0 Å². The van der Waals surface area contributed by atoms with Gasteiger partial charge in [-0.25, -0.2) is 4.57 Å². The summed E-state index contributed by atoms with van der Waals surface area (Å²) in [4.78, 5) is 21.6. The van der Waals surface area contributed by atoms with Crippen LogP contribution in [0, 0.1) is 67.5 Å². The second-order valence-corrected chi connectivity index (χ2v) is 17.1. The zero-order valence-corrected chi connectivity index (χ0v) is 24.8. The highest BCUT2D eigenvalue weighted by Crippen LogP contribution is 2.94. The lowest BCUT2D eigenvalue weighted by Gasteiger charge is -2.92. The Hall–Kier alpha value is 0.110. The molecule has 0 aromatic carbocycles. The molecule has 3 N–H and O–H groups in total. The van der Waals surface area contributed by atoms with E-state index in [1.807, 2.05) is 0 Å². The third-order valence-corrected chi connectivity index (χ3v) is 15.4. The first-order chi connectivity index (χ1) is 15.8. The Balaban J connectivity index is 0.000000464. The molecule has 0 amide bonds. The fourth-order valence-corrected chi connectivity index (χ4v) is 13.9. The Kier molecular flexibility index (Phi) is 5.49. The van der Waals surface area contributed by atoms with Gasteiger partial charge in [0, 0.05) is 0 Å². The van der Waals surface area contributed by atoms with Gasteiger partial charge in [0.25, 0.3) is 0 Å². The maximum atomic E-state index is 8.88. The van der Waals surface area contributed by atoms with E-state index in [0.29, 0.717) is 37.9 Å². The molecule has 202 valence electrons. The van der Waals surface area contributed by atoms with Crippen molar-refractivity contribution >= 4 is 7.82 Å². The van der Waals surface area contributed by atoms with Gasteiger partial charge in [-0.2, -0.15) is 0 Å². The molecule has 0 aromatic heterocycles. The van der Waals surface area contributed by atoms with E-state index in [-0.39, 0.29) is 0 Å². The highest BCUT2D eigenvalue weighted by Gasteiger charge is 2.88. The predicted octanol–water partition coefficient (Wildman–Crippen LogP) is 7.82. The molecule has 0 saturated heterocycles. The zero-order valence-electron chi connectivity index (χ0n) is 23.9. The van der Waals surface area contributed by atoms with E-state index in [1.165, 1.54) is 38.5 Å². The fourth-order valence-electron chi connectivity index (χ4n) is 13.9. The summed E-state index contributed by atoms with van der Waals surface area (Å²) in [6.45, 7) is 24.7. The molecule has 9 rings (SSSR count). The van der Waals surface area contributed by atoms with Crippen LogP contribution in [0.3, 0.4) is 0 Å². The molecule has 9 fully saturated rings. The molecule has 35 heavy (non-hydrogen) atoms. The summed E-state index contributed by atoms with van der Waals surface area (Å²) in [7, 11) is -4.64. The maximum Gasteiger partial charge on any atom is 0.466 e. The summed E-state index contributed by atoms with van der Waals surface area (Å²) in [6, 6.07) is 0. The van der Waals surface area contributed by atoms with Crippen LogP contribution in [0.2, 0.25) is 0 Å². The van der Waals surface area contributed by atoms with Crippen molar-refractivity contribution in [2.75, 3.05) is 0 Å². The average Bonchev–Trinajstić information content (AvgIpc) is 2.71. The summed E-state index contributed by atoms with van der Waals surface area (Å²) in [5.74, 6) is 4.78. The standard InChI is InChI=1S/C30H50.H3O4P/c1-19-10-12-21-16-28(19,24(21,3)4)27(9)15-14-23-18-30(27,26(23,7)8)29-17-22(25(29,5)6)13-11-20(29)2;1-5(2,3)4/h19-23H,10-18H2,1-9H3;(H3,1,2,3,4). The van der Waals surface area contributed by atoms with E-state index in [9.17, 15) is 0 Å². The lowest BCUT2D eigenvalue weighted by atomic mass is 9.12. The monoisotopic (exact) mass is 508 g/mol. The highest BCUT2D eigenvalue weighted by atomic mass is 31.2. The minimum Gasteiger partial charge on any atom is -0.303 e. The molecule has 9 aliphatic rings. The Morgan fingerprint density at radius 3 is 1.37 bits per heavy atom. The van der Waals surface area contributed by atoms with Gasteiger partial charge in [0.2, 0.25) is 0 Å². The molecule has 9 unspecified atom stereocenters. The van der Waals surface area contributed by atoms with Crippen LogP contribution in [0.1, 0.15) is 120 Å². The molecule has 0 aromatic rings. The van der Waals surface area contributed by atoms with Crippen LogP contribution in [-0.4, -0.2) is 14.7 Å². The molecular formula is C30H53O4P. The lowest BCUT2D eigenvalue weighted by molar-refractivity contribution is -0.441. The van der Waals surface area contributed by atoms with E-state index in [2.05, 4.69) is 62.3 Å². The molecule has 5 heteroatoms. The van der Waals surface area contributed by atoms with Crippen molar-refractivity contribution in [1.82, 2.24) is 0 Å². The van der Waals surface area contributed by atoms with Crippen LogP contribution in [0.15, 0.2) is 0 Å². The molecule has 0 spiro atoms. The second-order valence-electron chi connectivity index (χ2n) is 16.1. The summed E-state index contributed by atoms with van der Waals surface area (Å²) in [5, 5.41) is 0. The van der Waals surface area contributed by atoms with Gasteiger partial charge in [0.1, 0.15) is 0 Å². The lowest BCUT2D eigenvalue weighted by Crippen LogP contribution is -2.86. The number of fused-ring (bicyclic) bond motifs is 6. The molecule has 4 nitrogen and oxygen atoms in total. The Labute approximate surface area is 214 Å². The van der Waals surface area contributed by atoms with E-state index < -0.39 is 7.82 Å². The number of hydrogen-bond acceptors (Lipinski definition) is 1. The van der Waals surface area contributed by atoms with Crippen molar-refractivity contribution in [3.63, 3.8) is 0 Å². The van der Waals surface area contributed by atoms with Gasteiger partial charge in [-0.1, -0.05) is 62.3 Å². The van der Waals surface area contributed by atoms with Crippen LogP contribution < -0.4 is 0 Å². The van der Waals surface area contributed by atoms with E-state index >= 15 is 0 Å². The van der Waals surface area contributed by atoms with Crippen LogP contribution in [0.25, 0.3) is 0 Å². The minimum absolute atomic E-state index is 0.506. The van der Waals surface area contributed by atoms with E-state index in [4.69, 9.17) is 19.2 Å². The van der Waals surface area contributed by atoms with Crippen LogP contribution in [-0.2, 0) is 4.57 Å². The largest absolute Gasteiger partial charge is 0.466 e. The maximum absolute atomic E-state index is 8.88. The van der Waals surface area contributed by atoms with Gasteiger partial charge in [0.15, 0.2) is 0 Å². The second kappa shape index (κ2) is 7.19. The average molecular weight is 509 g/mol. The molecule has 0 heterocycles. The first-order valence-corrected chi connectivity index (χ1v) is 16.1. The number of hydrogen-bond donors (Lipinski definition) is 3. The quantitative estimate of drug-likeness (QED) is 0.332. The van der Waals surface area contributed by atoms with Gasteiger partial charge in [-0.3, -0.25) is 0 Å². The molecular weight excluding hydrogens is 455 g/mol. The van der Waals surface area contributed by atoms with Crippen molar-refractivity contribution in [1.29, 1.82) is 0 Å². The van der Waals surface area contributed by atoms with Gasteiger partial charge in [-0.15, -0.1) is 0 Å². The van der Waals surface area contributed by atoms with Crippen molar-refractivity contribution in [3.05, 3.63) is 0 Å². The molecule has 9 saturated carbocycles. The van der Waals surface area contributed by atoms with Gasteiger partial charge >= 0.3 is 7.82 Å². The summed E-state index contributed by atoms with van der Waals surface area (Å²) in [5.41, 5.74) is 3.78. The smallest absolute Gasteiger partial charge is 0.303 e. The molecule has 9 atom stereocenters. The first-order valence-electron chi connectivity index (χ1n) is 14.6. The van der Waals surface area contributed by atoms with Crippen molar-refractivity contribution in [3.8, 4) is 0 Å². The van der Waals surface area contributed by atoms with Crippen LogP contribution in [0.4, 0.5) is 0 Å². The SMILES string of the molecule is CC1CCC2CC1(C1(C)CCC3CC1(C14CC(CCC1C)C4(C)C)C3(C)C)C2(C)C.O=P(O)(O)O. The molecule has 6 bridgehead atoms. The van der Waals surface area contributed by atoms with E-state index in [0.717, 1.165) is 29.6 Å². The fraction of sp³-hybridized carbons (Fsp3) is 1.00. The normalized spacial score (nSPS) is 54.2. The first kappa shape index (κ1) is 26.7. The number of rotatable bonds is 2. The molecule has 9 aliphatic carbocycles. The van der Waals surface area contributed by atoms with Gasteiger partial charge < -0.3 is 14.7 Å². The Bertz CT molecular complexity index is 942. The van der Waals surface area contributed by atoms with Gasteiger partial charge in [0.05, 0.1) is 0 Å². The van der Waals surface area contributed by atoms with Crippen molar-refractivity contribution in [2.24, 2.45) is 67.5 Å². The molecule has 0 radical (unpaired) electrons. The van der Waals surface area contributed by atoms with Gasteiger partial charge in [-0.05, 0) is 125 Å². The van der Waals surface area contributed by atoms with Crippen LogP contribution >= 0.6 is 7.82 Å².